The van der Waals surface area contributed by atoms with Crippen LogP contribution in [0.3, 0.4) is 0 Å². The van der Waals surface area contributed by atoms with E-state index in [0.717, 1.165) is 6.42 Å². The van der Waals surface area contributed by atoms with Crippen molar-refractivity contribution in [1.29, 1.82) is 0 Å². The molecule has 1 saturated heterocycles. The molecule has 0 saturated carbocycles. The van der Waals surface area contributed by atoms with Crippen LogP contribution < -0.4 is 0 Å². The van der Waals surface area contributed by atoms with E-state index in [1.54, 1.807) is 0 Å². The number of cyclic esters (lactones) is 1. The SMILES string of the molecule is CCC(C)N1C(=O)OCC1C(C)C. The quantitative estimate of drug-likeness (QED) is 0.675. The zero-order valence-electron chi connectivity index (χ0n) is 8.91. The summed E-state index contributed by atoms with van der Waals surface area (Å²) in [6.07, 6.45) is 0.839. The monoisotopic (exact) mass is 185 g/mol. The van der Waals surface area contributed by atoms with E-state index in [9.17, 15) is 4.79 Å². The minimum Gasteiger partial charge on any atom is -0.447 e. The lowest BCUT2D eigenvalue weighted by Gasteiger charge is -2.29. The third kappa shape index (κ3) is 1.95. The van der Waals surface area contributed by atoms with Gasteiger partial charge in [-0.3, -0.25) is 4.90 Å². The van der Waals surface area contributed by atoms with Crippen LogP contribution in [0.1, 0.15) is 34.1 Å². The molecule has 1 aliphatic rings. The minimum absolute atomic E-state index is 0.145. The molecule has 0 N–H and O–H groups in total. The van der Waals surface area contributed by atoms with Crippen LogP contribution in [0.4, 0.5) is 4.79 Å². The van der Waals surface area contributed by atoms with Gasteiger partial charge in [-0.15, -0.1) is 0 Å². The molecule has 0 radical (unpaired) electrons. The number of hydrogen-bond acceptors (Lipinski definition) is 2. The van der Waals surface area contributed by atoms with Crippen molar-refractivity contribution in [3.05, 3.63) is 0 Å². The predicted octanol–water partition coefficient (Wildman–Crippen LogP) is 2.26. The van der Waals surface area contributed by atoms with Crippen molar-refractivity contribution in [2.75, 3.05) is 6.61 Å². The van der Waals surface area contributed by atoms with Gasteiger partial charge in [-0.1, -0.05) is 20.8 Å². The molecular weight excluding hydrogens is 166 g/mol. The van der Waals surface area contributed by atoms with E-state index < -0.39 is 0 Å². The molecule has 0 aliphatic carbocycles. The molecule has 76 valence electrons. The second-order valence-electron chi connectivity index (χ2n) is 4.05. The fourth-order valence-electron chi connectivity index (χ4n) is 1.66. The highest BCUT2D eigenvalue weighted by Gasteiger charge is 2.37. The molecule has 13 heavy (non-hydrogen) atoms. The van der Waals surface area contributed by atoms with Crippen LogP contribution in [-0.4, -0.2) is 29.7 Å². The number of carbonyl (C=O) groups excluding carboxylic acids is 1. The first kappa shape index (κ1) is 10.4. The lowest BCUT2D eigenvalue weighted by Crippen LogP contribution is -2.42. The number of carbonyl (C=O) groups is 1. The Morgan fingerprint density at radius 2 is 2.15 bits per heavy atom. The Morgan fingerprint density at radius 3 is 2.62 bits per heavy atom. The fraction of sp³-hybridized carbons (Fsp3) is 0.900. The first-order valence-corrected chi connectivity index (χ1v) is 5.03. The Hall–Kier alpha value is -0.730. The van der Waals surface area contributed by atoms with E-state index in [-0.39, 0.29) is 12.1 Å². The Morgan fingerprint density at radius 1 is 1.54 bits per heavy atom. The summed E-state index contributed by atoms with van der Waals surface area (Å²) in [6, 6.07) is 0.560. The maximum atomic E-state index is 11.4. The van der Waals surface area contributed by atoms with Crippen LogP contribution in [0.5, 0.6) is 0 Å². The first-order valence-electron chi connectivity index (χ1n) is 5.03. The minimum atomic E-state index is -0.145. The van der Waals surface area contributed by atoms with Crippen molar-refractivity contribution in [3.63, 3.8) is 0 Å². The Bertz CT molecular complexity index is 191. The summed E-state index contributed by atoms with van der Waals surface area (Å²) in [7, 11) is 0. The highest BCUT2D eigenvalue weighted by Crippen LogP contribution is 2.22. The smallest absolute Gasteiger partial charge is 0.410 e. The van der Waals surface area contributed by atoms with Gasteiger partial charge in [0.1, 0.15) is 6.61 Å². The molecule has 1 heterocycles. The second kappa shape index (κ2) is 3.99. The fourth-order valence-corrected chi connectivity index (χ4v) is 1.66. The van der Waals surface area contributed by atoms with Crippen LogP contribution in [0.15, 0.2) is 0 Å². The highest BCUT2D eigenvalue weighted by atomic mass is 16.6. The topological polar surface area (TPSA) is 29.5 Å². The van der Waals surface area contributed by atoms with Gasteiger partial charge in [-0.05, 0) is 19.3 Å². The number of ether oxygens (including phenoxy) is 1. The molecule has 3 nitrogen and oxygen atoms in total. The second-order valence-corrected chi connectivity index (χ2v) is 4.05. The maximum absolute atomic E-state index is 11.4. The zero-order valence-corrected chi connectivity index (χ0v) is 8.91. The van der Waals surface area contributed by atoms with Crippen LogP contribution >= 0.6 is 0 Å². The third-order valence-corrected chi connectivity index (χ3v) is 2.78. The molecule has 0 aromatic rings. The van der Waals surface area contributed by atoms with Crippen molar-refractivity contribution >= 4 is 6.09 Å². The summed E-state index contributed by atoms with van der Waals surface area (Å²) in [6.45, 7) is 8.97. The van der Waals surface area contributed by atoms with Crippen LogP contribution in [0.25, 0.3) is 0 Å². The highest BCUT2D eigenvalue weighted by molar-refractivity contribution is 5.70. The molecule has 2 unspecified atom stereocenters. The van der Waals surface area contributed by atoms with Crippen LogP contribution in [-0.2, 0) is 4.74 Å². The molecule has 0 aromatic carbocycles. The summed E-state index contributed by atoms with van der Waals surface area (Å²) in [5, 5.41) is 0. The number of nitrogens with zero attached hydrogens (tertiary/aromatic N) is 1. The van der Waals surface area contributed by atoms with Crippen molar-refractivity contribution in [1.82, 2.24) is 4.90 Å². The standard InChI is InChI=1S/C10H19NO2/c1-5-8(4)11-9(7(2)3)6-13-10(11)12/h7-9H,5-6H2,1-4H3. The molecule has 3 heteroatoms. The Labute approximate surface area is 80.1 Å². The van der Waals surface area contributed by atoms with Gasteiger partial charge in [0.05, 0.1) is 6.04 Å². The summed E-state index contributed by atoms with van der Waals surface area (Å²) in [5.74, 6) is 0.473. The number of rotatable bonds is 3. The molecule has 1 aliphatic heterocycles. The maximum Gasteiger partial charge on any atom is 0.410 e. The van der Waals surface area contributed by atoms with Crippen molar-refractivity contribution in [3.8, 4) is 0 Å². The van der Waals surface area contributed by atoms with Crippen LogP contribution in [0.2, 0.25) is 0 Å². The van der Waals surface area contributed by atoms with E-state index in [1.165, 1.54) is 0 Å². The van der Waals surface area contributed by atoms with E-state index >= 15 is 0 Å². The van der Waals surface area contributed by atoms with Gasteiger partial charge in [-0.25, -0.2) is 4.79 Å². The summed E-state index contributed by atoms with van der Waals surface area (Å²) in [4.78, 5) is 13.3. The van der Waals surface area contributed by atoms with E-state index in [4.69, 9.17) is 4.74 Å². The van der Waals surface area contributed by atoms with E-state index in [2.05, 4.69) is 27.7 Å². The van der Waals surface area contributed by atoms with Crippen LogP contribution in [0, 0.1) is 5.92 Å². The molecule has 2 atom stereocenters. The average molecular weight is 185 g/mol. The lowest BCUT2D eigenvalue weighted by molar-refractivity contribution is 0.142. The van der Waals surface area contributed by atoms with Crippen molar-refractivity contribution in [2.45, 2.75) is 46.2 Å². The lowest BCUT2D eigenvalue weighted by atomic mass is 10.0. The molecule has 0 aromatic heterocycles. The van der Waals surface area contributed by atoms with Crippen molar-refractivity contribution < 1.29 is 9.53 Å². The normalized spacial score (nSPS) is 25.2. The molecular formula is C10H19NO2. The summed E-state index contributed by atoms with van der Waals surface area (Å²) < 4.78 is 5.05. The van der Waals surface area contributed by atoms with Crippen molar-refractivity contribution in [2.24, 2.45) is 5.92 Å². The van der Waals surface area contributed by atoms with E-state index in [1.807, 2.05) is 4.90 Å². The predicted molar refractivity (Wildman–Crippen MR) is 51.6 cm³/mol. The molecule has 1 fully saturated rings. The summed E-state index contributed by atoms with van der Waals surface area (Å²) >= 11 is 0. The number of amides is 1. The van der Waals surface area contributed by atoms with Gasteiger partial charge in [-0.2, -0.15) is 0 Å². The van der Waals surface area contributed by atoms with Gasteiger partial charge in [0.2, 0.25) is 0 Å². The molecule has 1 rings (SSSR count). The van der Waals surface area contributed by atoms with E-state index in [0.29, 0.717) is 18.6 Å². The number of hydrogen-bond donors (Lipinski definition) is 0. The van der Waals surface area contributed by atoms with Gasteiger partial charge in [0, 0.05) is 6.04 Å². The Balaban J connectivity index is 2.71. The van der Waals surface area contributed by atoms with Gasteiger partial charge in [0.25, 0.3) is 0 Å². The summed E-state index contributed by atoms with van der Waals surface area (Å²) in [5.41, 5.74) is 0. The van der Waals surface area contributed by atoms with Gasteiger partial charge < -0.3 is 4.74 Å². The third-order valence-electron chi connectivity index (χ3n) is 2.78. The first-order chi connectivity index (χ1) is 6.07. The largest absolute Gasteiger partial charge is 0.447 e. The Kier molecular flexibility index (Phi) is 3.17. The van der Waals surface area contributed by atoms with Gasteiger partial charge in [0.15, 0.2) is 0 Å². The molecule has 0 bridgehead atoms. The zero-order chi connectivity index (χ0) is 10.0. The molecule has 0 spiro atoms. The van der Waals surface area contributed by atoms with Gasteiger partial charge >= 0.3 is 6.09 Å². The average Bonchev–Trinajstić information content (AvgIpc) is 2.46. The molecule has 1 amide bonds.